The normalized spacial score (nSPS) is 12.3. The number of carbonyl (C=O) groups is 1. The first-order valence-electron chi connectivity index (χ1n) is 7.12. The highest BCUT2D eigenvalue weighted by Crippen LogP contribution is 2.16. The Hall–Kier alpha value is -0.310. The van der Waals surface area contributed by atoms with Crippen molar-refractivity contribution in [2.75, 3.05) is 5.33 Å². The Morgan fingerprint density at radius 3 is 2.00 bits per heavy atom. The van der Waals surface area contributed by atoms with Gasteiger partial charge in [-0.05, 0) is 19.3 Å². The Balaban J connectivity index is 3.32. The molecular weight excluding hydrogens is 292 g/mol. The first-order valence-corrected chi connectivity index (χ1v) is 8.24. The van der Waals surface area contributed by atoms with E-state index < -0.39 is 5.97 Å². The quantitative estimate of drug-likeness (QED) is 0.289. The van der Waals surface area contributed by atoms with E-state index in [2.05, 4.69) is 22.5 Å². The summed E-state index contributed by atoms with van der Waals surface area (Å²) in [6.45, 7) is 3.61. The smallest absolute Gasteiger partial charge is 0.306 e. The summed E-state index contributed by atoms with van der Waals surface area (Å²) >= 11 is 3.44. The molecule has 0 saturated carbocycles. The number of rotatable bonds is 13. The third kappa shape index (κ3) is 10.8. The van der Waals surface area contributed by atoms with E-state index in [-0.39, 0.29) is 5.92 Å². The molecule has 0 bridgehead atoms. The van der Waals surface area contributed by atoms with Crippen LogP contribution in [-0.4, -0.2) is 16.4 Å². The molecule has 106 valence electrons. The summed E-state index contributed by atoms with van der Waals surface area (Å²) in [5.41, 5.74) is 0. The maximum atomic E-state index is 10.9. The van der Waals surface area contributed by atoms with Crippen molar-refractivity contribution in [3.63, 3.8) is 0 Å². The van der Waals surface area contributed by atoms with Crippen molar-refractivity contribution in [3.8, 4) is 0 Å². The number of alkyl halides is 1. The SMILES string of the molecule is C=CCC(CCCCCCCCCCBr)C(=O)O. The monoisotopic (exact) mass is 318 g/mol. The molecule has 0 amide bonds. The fraction of sp³-hybridized carbons (Fsp3) is 0.800. The lowest BCUT2D eigenvalue weighted by molar-refractivity contribution is -0.141. The second kappa shape index (κ2) is 13.1. The van der Waals surface area contributed by atoms with Gasteiger partial charge in [-0.2, -0.15) is 0 Å². The summed E-state index contributed by atoms with van der Waals surface area (Å²) in [7, 11) is 0. The van der Waals surface area contributed by atoms with Gasteiger partial charge < -0.3 is 5.11 Å². The molecule has 0 saturated heterocycles. The number of carboxylic acids is 1. The molecule has 1 N–H and O–H groups in total. The molecule has 0 aliphatic rings. The molecular formula is C15H27BrO2. The van der Waals surface area contributed by atoms with Crippen LogP contribution in [-0.2, 0) is 4.79 Å². The van der Waals surface area contributed by atoms with Gasteiger partial charge in [-0.25, -0.2) is 0 Å². The topological polar surface area (TPSA) is 37.3 Å². The minimum atomic E-state index is -0.676. The molecule has 0 heterocycles. The second-order valence-electron chi connectivity index (χ2n) is 4.87. The zero-order valence-electron chi connectivity index (χ0n) is 11.4. The molecule has 0 aromatic rings. The van der Waals surface area contributed by atoms with Crippen LogP contribution in [0.3, 0.4) is 0 Å². The van der Waals surface area contributed by atoms with E-state index >= 15 is 0 Å². The van der Waals surface area contributed by atoms with Gasteiger partial charge >= 0.3 is 5.97 Å². The van der Waals surface area contributed by atoms with Gasteiger partial charge in [0, 0.05) is 5.33 Å². The Kier molecular flexibility index (Phi) is 12.9. The van der Waals surface area contributed by atoms with Gasteiger partial charge in [0.1, 0.15) is 0 Å². The molecule has 2 nitrogen and oxygen atoms in total. The van der Waals surface area contributed by atoms with Gasteiger partial charge in [0.05, 0.1) is 5.92 Å². The number of unbranched alkanes of at least 4 members (excludes halogenated alkanes) is 7. The highest BCUT2D eigenvalue weighted by molar-refractivity contribution is 9.09. The lowest BCUT2D eigenvalue weighted by Gasteiger charge is -2.09. The van der Waals surface area contributed by atoms with Crippen molar-refractivity contribution in [1.82, 2.24) is 0 Å². The highest BCUT2D eigenvalue weighted by Gasteiger charge is 2.14. The van der Waals surface area contributed by atoms with Gasteiger partial charge in [0.15, 0.2) is 0 Å². The van der Waals surface area contributed by atoms with Crippen LogP contribution in [0.4, 0.5) is 0 Å². The standard InChI is InChI=1S/C15H27BrO2/c1-2-11-14(15(17)18)12-9-7-5-3-4-6-8-10-13-16/h2,14H,1,3-13H2,(H,17,18). The lowest BCUT2D eigenvalue weighted by atomic mass is 9.97. The first-order chi connectivity index (χ1) is 8.72. The Bertz CT molecular complexity index is 217. The number of halogens is 1. The van der Waals surface area contributed by atoms with E-state index in [4.69, 9.17) is 5.11 Å². The van der Waals surface area contributed by atoms with Crippen LogP contribution in [0.25, 0.3) is 0 Å². The fourth-order valence-electron chi connectivity index (χ4n) is 2.09. The molecule has 18 heavy (non-hydrogen) atoms. The van der Waals surface area contributed by atoms with Gasteiger partial charge in [0.2, 0.25) is 0 Å². The van der Waals surface area contributed by atoms with Crippen molar-refractivity contribution < 1.29 is 9.90 Å². The van der Waals surface area contributed by atoms with Crippen molar-refractivity contribution in [3.05, 3.63) is 12.7 Å². The number of hydrogen-bond acceptors (Lipinski definition) is 1. The zero-order chi connectivity index (χ0) is 13.6. The Morgan fingerprint density at radius 1 is 1.06 bits per heavy atom. The molecule has 0 aliphatic carbocycles. The summed E-state index contributed by atoms with van der Waals surface area (Å²) < 4.78 is 0. The molecule has 1 unspecified atom stereocenters. The molecule has 0 radical (unpaired) electrons. The van der Waals surface area contributed by atoms with Gasteiger partial charge in [0.25, 0.3) is 0 Å². The fourth-order valence-corrected chi connectivity index (χ4v) is 2.49. The number of hydrogen-bond donors (Lipinski definition) is 1. The lowest BCUT2D eigenvalue weighted by Crippen LogP contribution is -2.12. The van der Waals surface area contributed by atoms with E-state index in [0.29, 0.717) is 6.42 Å². The average molecular weight is 319 g/mol. The van der Waals surface area contributed by atoms with E-state index in [9.17, 15) is 4.79 Å². The van der Waals surface area contributed by atoms with E-state index in [1.807, 2.05) is 0 Å². The summed E-state index contributed by atoms with van der Waals surface area (Å²) in [5.74, 6) is -0.897. The average Bonchev–Trinajstić information content (AvgIpc) is 2.35. The van der Waals surface area contributed by atoms with Crippen LogP contribution in [0.2, 0.25) is 0 Å². The van der Waals surface area contributed by atoms with Gasteiger partial charge in [-0.3, -0.25) is 4.79 Å². The number of carboxylic acid groups (broad SMARTS) is 1. The minimum absolute atomic E-state index is 0.221. The second-order valence-corrected chi connectivity index (χ2v) is 5.66. The van der Waals surface area contributed by atoms with Crippen molar-refractivity contribution in [1.29, 1.82) is 0 Å². The predicted octanol–water partition coefficient (Wildman–Crippen LogP) is 5.17. The van der Waals surface area contributed by atoms with Crippen LogP contribution in [0, 0.1) is 5.92 Å². The molecule has 0 aromatic carbocycles. The van der Waals surface area contributed by atoms with Crippen molar-refractivity contribution >= 4 is 21.9 Å². The van der Waals surface area contributed by atoms with Gasteiger partial charge in [-0.15, -0.1) is 6.58 Å². The van der Waals surface area contributed by atoms with E-state index in [0.717, 1.165) is 18.2 Å². The maximum Gasteiger partial charge on any atom is 0.306 e. The molecule has 0 rings (SSSR count). The summed E-state index contributed by atoms with van der Waals surface area (Å²) in [6.07, 6.45) is 13.1. The first kappa shape index (κ1) is 17.7. The molecule has 0 spiro atoms. The van der Waals surface area contributed by atoms with Gasteiger partial charge in [-0.1, -0.05) is 67.0 Å². The third-order valence-corrected chi connectivity index (χ3v) is 3.80. The molecule has 1 atom stereocenters. The van der Waals surface area contributed by atoms with Crippen LogP contribution >= 0.6 is 15.9 Å². The van der Waals surface area contributed by atoms with Crippen molar-refractivity contribution in [2.24, 2.45) is 5.92 Å². The predicted molar refractivity (Wildman–Crippen MR) is 81.3 cm³/mol. The van der Waals surface area contributed by atoms with Crippen LogP contribution in [0.5, 0.6) is 0 Å². The summed E-state index contributed by atoms with van der Waals surface area (Å²) in [5, 5.41) is 10.1. The molecule has 0 fully saturated rings. The van der Waals surface area contributed by atoms with E-state index in [1.165, 1.54) is 44.9 Å². The molecule has 3 heteroatoms. The zero-order valence-corrected chi connectivity index (χ0v) is 13.0. The minimum Gasteiger partial charge on any atom is -0.481 e. The van der Waals surface area contributed by atoms with Crippen LogP contribution in [0.1, 0.15) is 64.2 Å². The van der Waals surface area contributed by atoms with Crippen LogP contribution < -0.4 is 0 Å². The highest BCUT2D eigenvalue weighted by atomic mass is 79.9. The summed E-state index contributed by atoms with van der Waals surface area (Å²) in [4.78, 5) is 10.9. The number of allylic oxidation sites excluding steroid dienone is 1. The maximum absolute atomic E-state index is 10.9. The van der Waals surface area contributed by atoms with E-state index in [1.54, 1.807) is 6.08 Å². The summed E-state index contributed by atoms with van der Waals surface area (Å²) in [6, 6.07) is 0. The van der Waals surface area contributed by atoms with Crippen LogP contribution in [0.15, 0.2) is 12.7 Å². The third-order valence-electron chi connectivity index (χ3n) is 3.24. The largest absolute Gasteiger partial charge is 0.481 e. The molecule has 0 aliphatic heterocycles. The number of aliphatic carboxylic acids is 1. The van der Waals surface area contributed by atoms with Crippen molar-refractivity contribution in [2.45, 2.75) is 64.2 Å². The Labute approximate surface area is 120 Å². The Morgan fingerprint density at radius 2 is 1.56 bits per heavy atom. The molecule has 0 aromatic heterocycles.